The highest BCUT2D eigenvalue weighted by Crippen LogP contribution is 2.17. The highest BCUT2D eigenvalue weighted by Gasteiger charge is 2.02. The predicted octanol–water partition coefficient (Wildman–Crippen LogP) is 2.85. The topological polar surface area (TPSA) is 39.1 Å². The molecule has 0 fully saturated rings. The molecule has 2 aromatic rings. The summed E-state index contributed by atoms with van der Waals surface area (Å²) >= 11 is 0. The van der Waals surface area contributed by atoms with Gasteiger partial charge in [-0.05, 0) is 25.5 Å². The van der Waals surface area contributed by atoms with Crippen molar-refractivity contribution in [2.45, 2.75) is 32.9 Å². The molecule has 0 aliphatic carbocycles. The zero-order valence-corrected chi connectivity index (χ0v) is 12.1. The number of nitrogens with zero attached hydrogens (tertiary/aromatic N) is 2. The number of hydrogen-bond acceptors (Lipinski definition) is 3. The first kappa shape index (κ1) is 14.6. The van der Waals surface area contributed by atoms with Gasteiger partial charge in [-0.2, -0.15) is 0 Å². The summed E-state index contributed by atoms with van der Waals surface area (Å²) in [6, 6.07) is 8.24. The third kappa shape index (κ3) is 4.70. The summed E-state index contributed by atoms with van der Waals surface area (Å²) in [4.78, 5) is 4.03. The molecule has 0 unspecified atom stereocenters. The van der Waals surface area contributed by atoms with Crippen LogP contribution < -0.4 is 10.1 Å². The molecule has 20 heavy (non-hydrogen) atoms. The van der Waals surface area contributed by atoms with Gasteiger partial charge in [-0.1, -0.05) is 25.1 Å². The van der Waals surface area contributed by atoms with E-state index in [1.54, 1.807) is 6.20 Å². The fourth-order valence-corrected chi connectivity index (χ4v) is 2.04. The number of nitrogens with one attached hydrogen (secondary N) is 1. The summed E-state index contributed by atoms with van der Waals surface area (Å²) in [6.45, 7) is 5.74. The maximum absolute atomic E-state index is 5.89. The van der Waals surface area contributed by atoms with Crippen molar-refractivity contribution in [2.24, 2.45) is 0 Å². The van der Waals surface area contributed by atoms with E-state index in [9.17, 15) is 0 Å². The number of hydrogen-bond donors (Lipinski definition) is 1. The number of rotatable bonds is 9. The Hall–Kier alpha value is -1.81. The normalized spacial score (nSPS) is 10.7. The summed E-state index contributed by atoms with van der Waals surface area (Å²) in [5.74, 6) is 0.988. The second-order valence-corrected chi connectivity index (χ2v) is 4.79. The fourth-order valence-electron chi connectivity index (χ4n) is 2.04. The standard InChI is InChI=1S/C16H23N3O/c1-2-8-17-13-15-6-3-4-7-16(15)20-12-5-10-19-11-9-18-14-19/h3-4,6-7,9,11,14,17H,2,5,8,10,12-13H2,1H3. The van der Waals surface area contributed by atoms with Crippen molar-refractivity contribution in [3.8, 4) is 5.75 Å². The fraction of sp³-hybridized carbons (Fsp3) is 0.438. The zero-order chi connectivity index (χ0) is 14.0. The van der Waals surface area contributed by atoms with E-state index in [1.807, 2.05) is 24.7 Å². The van der Waals surface area contributed by atoms with Gasteiger partial charge in [0.15, 0.2) is 0 Å². The van der Waals surface area contributed by atoms with Crippen LogP contribution in [0.1, 0.15) is 25.3 Å². The summed E-state index contributed by atoms with van der Waals surface area (Å²) in [5, 5.41) is 3.41. The molecule has 0 amide bonds. The van der Waals surface area contributed by atoms with Gasteiger partial charge < -0.3 is 14.6 Å². The molecule has 0 saturated carbocycles. The lowest BCUT2D eigenvalue weighted by Crippen LogP contribution is -2.15. The van der Waals surface area contributed by atoms with Gasteiger partial charge in [-0.3, -0.25) is 0 Å². The molecule has 0 aliphatic rings. The van der Waals surface area contributed by atoms with Crippen molar-refractivity contribution >= 4 is 0 Å². The van der Waals surface area contributed by atoms with Gasteiger partial charge >= 0.3 is 0 Å². The van der Waals surface area contributed by atoms with E-state index in [1.165, 1.54) is 5.56 Å². The molecule has 1 N–H and O–H groups in total. The van der Waals surface area contributed by atoms with Crippen LogP contribution in [0.15, 0.2) is 43.0 Å². The molecular weight excluding hydrogens is 250 g/mol. The first-order valence-electron chi connectivity index (χ1n) is 7.27. The molecule has 0 aliphatic heterocycles. The molecule has 0 bridgehead atoms. The van der Waals surface area contributed by atoms with Crippen LogP contribution in [0.25, 0.3) is 0 Å². The summed E-state index contributed by atoms with van der Waals surface area (Å²) in [5.41, 5.74) is 1.23. The summed E-state index contributed by atoms with van der Waals surface area (Å²) < 4.78 is 7.96. The minimum Gasteiger partial charge on any atom is -0.493 e. The maximum Gasteiger partial charge on any atom is 0.123 e. The number of imidazole rings is 1. The van der Waals surface area contributed by atoms with E-state index in [-0.39, 0.29) is 0 Å². The van der Waals surface area contributed by atoms with E-state index in [4.69, 9.17) is 4.74 Å². The number of benzene rings is 1. The van der Waals surface area contributed by atoms with Crippen LogP contribution in [0.2, 0.25) is 0 Å². The molecule has 0 radical (unpaired) electrons. The monoisotopic (exact) mass is 273 g/mol. The van der Waals surface area contributed by atoms with Gasteiger partial charge in [-0.25, -0.2) is 4.98 Å². The van der Waals surface area contributed by atoms with Crippen molar-refractivity contribution in [3.63, 3.8) is 0 Å². The van der Waals surface area contributed by atoms with E-state index in [2.05, 4.69) is 33.9 Å². The zero-order valence-electron chi connectivity index (χ0n) is 12.1. The van der Waals surface area contributed by atoms with Gasteiger partial charge in [0.25, 0.3) is 0 Å². The molecule has 4 nitrogen and oxygen atoms in total. The number of para-hydroxylation sites is 1. The Bertz CT molecular complexity index is 482. The van der Waals surface area contributed by atoms with Gasteiger partial charge in [-0.15, -0.1) is 0 Å². The second-order valence-electron chi connectivity index (χ2n) is 4.79. The molecule has 1 heterocycles. The van der Waals surface area contributed by atoms with Crippen LogP contribution in [0, 0.1) is 0 Å². The highest BCUT2D eigenvalue weighted by molar-refractivity contribution is 5.33. The Kier molecular flexibility index (Phi) is 6.11. The molecule has 0 saturated heterocycles. The van der Waals surface area contributed by atoms with Crippen molar-refractivity contribution in [3.05, 3.63) is 48.5 Å². The Morgan fingerprint density at radius 1 is 1.30 bits per heavy atom. The van der Waals surface area contributed by atoms with Crippen molar-refractivity contribution < 1.29 is 4.74 Å². The SMILES string of the molecule is CCCNCc1ccccc1OCCCn1ccnc1. The molecule has 108 valence electrons. The highest BCUT2D eigenvalue weighted by atomic mass is 16.5. The van der Waals surface area contributed by atoms with Crippen LogP contribution in [0.5, 0.6) is 5.75 Å². The number of ether oxygens (including phenoxy) is 1. The average Bonchev–Trinajstić information content (AvgIpc) is 2.98. The summed E-state index contributed by atoms with van der Waals surface area (Å²) in [7, 11) is 0. The number of aryl methyl sites for hydroxylation is 1. The molecular formula is C16H23N3O. The van der Waals surface area contributed by atoms with Crippen LogP contribution in [-0.4, -0.2) is 22.7 Å². The quantitative estimate of drug-likeness (QED) is 0.714. The van der Waals surface area contributed by atoms with Gasteiger partial charge in [0.1, 0.15) is 5.75 Å². The Labute approximate surface area is 120 Å². The average molecular weight is 273 g/mol. The third-order valence-electron chi connectivity index (χ3n) is 3.09. The van der Waals surface area contributed by atoms with Gasteiger partial charge in [0, 0.05) is 31.0 Å². The van der Waals surface area contributed by atoms with E-state index >= 15 is 0 Å². The van der Waals surface area contributed by atoms with Crippen molar-refractivity contribution in [1.29, 1.82) is 0 Å². The Balaban J connectivity index is 1.76. The Morgan fingerprint density at radius 3 is 3.00 bits per heavy atom. The lowest BCUT2D eigenvalue weighted by molar-refractivity contribution is 0.298. The molecule has 0 atom stereocenters. The molecule has 1 aromatic carbocycles. The molecule has 0 spiro atoms. The maximum atomic E-state index is 5.89. The lowest BCUT2D eigenvalue weighted by atomic mass is 10.2. The number of aromatic nitrogens is 2. The minimum absolute atomic E-state index is 0.725. The van der Waals surface area contributed by atoms with Crippen LogP contribution in [0.4, 0.5) is 0 Å². The lowest BCUT2D eigenvalue weighted by Gasteiger charge is -2.12. The molecule has 4 heteroatoms. The van der Waals surface area contributed by atoms with E-state index in [0.29, 0.717) is 0 Å². The van der Waals surface area contributed by atoms with Crippen molar-refractivity contribution in [2.75, 3.05) is 13.2 Å². The predicted molar refractivity (Wildman–Crippen MR) is 80.8 cm³/mol. The first-order chi connectivity index (χ1) is 9.90. The minimum atomic E-state index is 0.725. The second kappa shape index (κ2) is 8.38. The van der Waals surface area contributed by atoms with Crippen LogP contribution in [-0.2, 0) is 13.1 Å². The molecule has 2 rings (SSSR count). The smallest absolute Gasteiger partial charge is 0.123 e. The molecule has 1 aromatic heterocycles. The largest absolute Gasteiger partial charge is 0.493 e. The van der Waals surface area contributed by atoms with Crippen LogP contribution >= 0.6 is 0 Å². The van der Waals surface area contributed by atoms with Crippen molar-refractivity contribution in [1.82, 2.24) is 14.9 Å². The summed E-state index contributed by atoms with van der Waals surface area (Å²) in [6.07, 6.45) is 7.74. The first-order valence-corrected chi connectivity index (χ1v) is 7.27. The Morgan fingerprint density at radius 2 is 2.20 bits per heavy atom. The van der Waals surface area contributed by atoms with E-state index < -0.39 is 0 Å². The van der Waals surface area contributed by atoms with Gasteiger partial charge in [0.2, 0.25) is 0 Å². The van der Waals surface area contributed by atoms with Crippen LogP contribution in [0.3, 0.4) is 0 Å². The third-order valence-corrected chi connectivity index (χ3v) is 3.09. The van der Waals surface area contributed by atoms with Gasteiger partial charge in [0.05, 0.1) is 12.9 Å². The van der Waals surface area contributed by atoms with E-state index in [0.717, 1.165) is 44.8 Å².